The van der Waals surface area contributed by atoms with Gasteiger partial charge < -0.3 is 20.5 Å². The molecule has 8 heteroatoms. The molecule has 1 heterocycles. The number of aromatic amines is 1. The Morgan fingerprint density at radius 2 is 1.86 bits per heavy atom. The van der Waals surface area contributed by atoms with E-state index in [9.17, 15) is 9.59 Å². The van der Waals surface area contributed by atoms with Gasteiger partial charge in [0, 0.05) is 18.4 Å². The molecule has 0 aliphatic carbocycles. The van der Waals surface area contributed by atoms with Crippen molar-refractivity contribution in [1.29, 1.82) is 0 Å². The zero-order chi connectivity index (χ0) is 19.8. The standard InChI is InChI=1S/C20H22N4O4/c25-19(21-11-10-17-15-8-4-5-9-16(15)23-24-17)18(22-20(26)27)13-28-12-14-6-2-1-3-7-14/h1-9,18,22H,10-13H2,(H,21,25)(H,23,24)(H,26,27). The molecule has 0 fully saturated rings. The number of para-hydroxylation sites is 1. The van der Waals surface area contributed by atoms with Crippen molar-refractivity contribution in [3.05, 3.63) is 65.9 Å². The zero-order valence-corrected chi connectivity index (χ0v) is 15.2. The second-order valence-electron chi connectivity index (χ2n) is 6.26. The molecule has 0 radical (unpaired) electrons. The van der Waals surface area contributed by atoms with E-state index in [1.54, 1.807) is 0 Å². The SMILES string of the molecule is O=C(O)NC(COCc1ccccc1)C(=O)NCCc1n[nH]c2ccccc12. The van der Waals surface area contributed by atoms with E-state index in [0.717, 1.165) is 22.2 Å². The van der Waals surface area contributed by atoms with Gasteiger partial charge in [-0.15, -0.1) is 0 Å². The number of carbonyl (C=O) groups excluding carboxylic acids is 1. The van der Waals surface area contributed by atoms with Crippen LogP contribution < -0.4 is 10.6 Å². The highest BCUT2D eigenvalue weighted by atomic mass is 16.5. The van der Waals surface area contributed by atoms with Crippen molar-refractivity contribution in [2.45, 2.75) is 19.1 Å². The molecule has 2 amide bonds. The fraction of sp³-hybridized carbons (Fsp3) is 0.250. The molecular weight excluding hydrogens is 360 g/mol. The highest BCUT2D eigenvalue weighted by Crippen LogP contribution is 2.15. The lowest BCUT2D eigenvalue weighted by molar-refractivity contribution is -0.124. The first-order chi connectivity index (χ1) is 13.6. The lowest BCUT2D eigenvalue weighted by Gasteiger charge is -2.17. The van der Waals surface area contributed by atoms with Gasteiger partial charge in [0.2, 0.25) is 5.91 Å². The van der Waals surface area contributed by atoms with Crippen LogP contribution in [0, 0.1) is 0 Å². The summed E-state index contributed by atoms with van der Waals surface area (Å²) in [4.78, 5) is 23.4. The Morgan fingerprint density at radius 3 is 2.64 bits per heavy atom. The highest BCUT2D eigenvalue weighted by Gasteiger charge is 2.20. The fourth-order valence-corrected chi connectivity index (χ4v) is 2.84. The number of rotatable bonds is 9. The number of fused-ring (bicyclic) bond motifs is 1. The lowest BCUT2D eigenvalue weighted by atomic mass is 10.1. The monoisotopic (exact) mass is 382 g/mol. The van der Waals surface area contributed by atoms with E-state index >= 15 is 0 Å². The van der Waals surface area contributed by atoms with Gasteiger partial charge in [-0.3, -0.25) is 9.89 Å². The van der Waals surface area contributed by atoms with Crippen LogP contribution in [0.15, 0.2) is 54.6 Å². The van der Waals surface area contributed by atoms with Crippen molar-refractivity contribution >= 4 is 22.9 Å². The lowest BCUT2D eigenvalue weighted by Crippen LogP contribution is -2.49. The van der Waals surface area contributed by atoms with E-state index in [-0.39, 0.29) is 6.61 Å². The van der Waals surface area contributed by atoms with E-state index < -0.39 is 18.0 Å². The first-order valence-electron chi connectivity index (χ1n) is 8.94. The average molecular weight is 382 g/mol. The number of nitrogens with one attached hydrogen (secondary N) is 3. The number of carbonyl (C=O) groups is 2. The minimum absolute atomic E-state index is 0.0572. The molecule has 3 rings (SSSR count). The maximum Gasteiger partial charge on any atom is 0.405 e. The van der Waals surface area contributed by atoms with Crippen LogP contribution in [0.5, 0.6) is 0 Å². The second kappa shape index (κ2) is 9.52. The van der Waals surface area contributed by atoms with Crippen LogP contribution in [-0.4, -0.2) is 46.5 Å². The van der Waals surface area contributed by atoms with Crippen LogP contribution in [-0.2, 0) is 22.6 Å². The summed E-state index contributed by atoms with van der Waals surface area (Å²) >= 11 is 0. The largest absolute Gasteiger partial charge is 0.465 e. The van der Waals surface area contributed by atoms with Crippen molar-refractivity contribution in [2.24, 2.45) is 0 Å². The van der Waals surface area contributed by atoms with E-state index in [0.29, 0.717) is 19.6 Å². The van der Waals surface area contributed by atoms with Gasteiger partial charge in [-0.25, -0.2) is 4.79 Å². The number of carboxylic acid groups (broad SMARTS) is 1. The third-order valence-electron chi connectivity index (χ3n) is 4.22. The van der Waals surface area contributed by atoms with Gasteiger partial charge in [-0.1, -0.05) is 48.5 Å². The Balaban J connectivity index is 1.50. The summed E-state index contributed by atoms with van der Waals surface area (Å²) in [6, 6.07) is 16.2. The number of nitrogens with zero attached hydrogens (tertiary/aromatic N) is 1. The summed E-state index contributed by atoms with van der Waals surface area (Å²) in [6.07, 6.45) is -0.748. The quantitative estimate of drug-likeness (QED) is 0.452. The van der Waals surface area contributed by atoms with Crippen molar-refractivity contribution in [2.75, 3.05) is 13.2 Å². The Hall–Kier alpha value is -3.39. The summed E-state index contributed by atoms with van der Waals surface area (Å²) < 4.78 is 5.51. The molecule has 28 heavy (non-hydrogen) atoms. The van der Waals surface area contributed by atoms with Crippen molar-refractivity contribution in [3.8, 4) is 0 Å². The number of amides is 2. The van der Waals surface area contributed by atoms with Crippen molar-refractivity contribution in [1.82, 2.24) is 20.8 Å². The Bertz CT molecular complexity index is 926. The number of H-pyrrole nitrogens is 1. The van der Waals surface area contributed by atoms with Gasteiger partial charge in [-0.05, 0) is 11.6 Å². The number of benzene rings is 2. The molecule has 2 aromatic carbocycles. The molecule has 3 aromatic rings. The molecular formula is C20H22N4O4. The minimum atomic E-state index is -1.28. The van der Waals surface area contributed by atoms with Crippen LogP contribution in [0.4, 0.5) is 4.79 Å². The molecule has 8 nitrogen and oxygen atoms in total. The molecule has 0 bridgehead atoms. The summed E-state index contributed by atoms with van der Waals surface area (Å²) in [5.41, 5.74) is 2.73. The summed E-state index contributed by atoms with van der Waals surface area (Å²) in [5.74, 6) is -0.435. The predicted octanol–water partition coefficient (Wildman–Crippen LogP) is 2.07. The minimum Gasteiger partial charge on any atom is -0.465 e. The first kappa shape index (κ1) is 19.4. The maximum atomic E-state index is 12.4. The molecule has 1 unspecified atom stereocenters. The smallest absolute Gasteiger partial charge is 0.405 e. The van der Waals surface area contributed by atoms with Crippen LogP contribution in [0.25, 0.3) is 10.9 Å². The van der Waals surface area contributed by atoms with E-state index in [1.807, 2.05) is 54.6 Å². The zero-order valence-electron chi connectivity index (χ0n) is 15.2. The van der Waals surface area contributed by atoms with E-state index in [2.05, 4.69) is 20.8 Å². The van der Waals surface area contributed by atoms with Gasteiger partial charge >= 0.3 is 6.09 Å². The van der Waals surface area contributed by atoms with Crippen molar-refractivity contribution < 1.29 is 19.4 Å². The molecule has 4 N–H and O–H groups in total. The topological polar surface area (TPSA) is 116 Å². The maximum absolute atomic E-state index is 12.4. The van der Waals surface area contributed by atoms with E-state index in [1.165, 1.54) is 0 Å². The van der Waals surface area contributed by atoms with E-state index in [4.69, 9.17) is 9.84 Å². The Kier molecular flexibility index (Phi) is 6.59. The number of hydrogen-bond donors (Lipinski definition) is 4. The van der Waals surface area contributed by atoms with Crippen LogP contribution in [0.1, 0.15) is 11.3 Å². The van der Waals surface area contributed by atoms with Crippen LogP contribution in [0.2, 0.25) is 0 Å². The predicted molar refractivity (Wildman–Crippen MR) is 104 cm³/mol. The fourth-order valence-electron chi connectivity index (χ4n) is 2.84. The molecule has 146 valence electrons. The number of aromatic nitrogens is 2. The van der Waals surface area contributed by atoms with Gasteiger partial charge in [0.1, 0.15) is 6.04 Å². The molecule has 1 aromatic heterocycles. The van der Waals surface area contributed by atoms with Gasteiger partial charge in [0.05, 0.1) is 24.4 Å². The number of hydrogen-bond acceptors (Lipinski definition) is 4. The summed E-state index contributed by atoms with van der Waals surface area (Å²) in [5, 5.41) is 22.1. The molecule has 0 aliphatic heterocycles. The highest BCUT2D eigenvalue weighted by molar-refractivity contribution is 5.85. The summed E-state index contributed by atoms with van der Waals surface area (Å²) in [7, 11) is 0. The van der Waals surface area contributed by atoms with Gasteiger partial charge in [-0.2, -0.15) is 5.10 Å². The molecule has 1 atom stereocenters. The van der Waals surface area contributed by atoms with Crippen LogP contribution in [0.3, 0.4) is 0 Å². The Morgan fingerprint density at radius 1 is 1.11 bits per heavy atom. The third kappa shape index (κ3) is 5.31. The molecule has 0 saturated carbocycles. The van der Waals surface area contributed by atoms with Crippen molar-refractivity contribution in [3.63, 3.8) is 0 Å². The molecule has 0 aliphatic rings. The first-order valence-corrected chi connectivity index (χ1v) is 8.94. The van der Waals surface area contributed by atoms with Crippen LogP contribution >= 0.6 is 0 Å². The third-order valence-corrected chi connectivity index (χ3v) is 4.22. The molecule has 0 spiro atoms. The summed E-state index contributed by atoms with van der Waals surface area (Å²) in [6.45, 7) is 0.577. The average Bonchev–Trinajstić information content (AvgIpc) is 3.11. The second-order valence-corrected chi connectivity index (χ2v) is 6.26. The van der Waals surface area contributed by atoms with Gasteiger partial charge in [0.25, 0.3) is 0 Å². The van der Waals surface area contributed by atoms with Gasteiger partial charge in [0.15, 0.2) is 0 Å². The number of ether oxygens (including phenoxy) is 1. The Labute approximate surface area is 161 Å². The molecule has 0 saturated heterocycles. The normalized spacial score (nSPS) is 11.9.